The van der Waals surface area contributed by atoms with Gasteiger partial charge in [0.15, 0.2) is 17.3 Å². The van der Waals surface area contributed by atoms with E-state index in [1.165, 1.54) is 50.6 Å². The molecule has 0 aromatic heterocycles. The lowest BCUT2D eigenvalue weighted by molar-refractivity contribution is 0.103. The summed E-state index contributed by atoms with van der Waals surface area (Å²) in [5.41, 5.74) is 0.548. The number of carbonyl (C=O) groups is 1. The third kappa shape index (κ3) is 2.75. The molecule has 0 aliphatic carbocycles. The van der Waals surface area contributed by atoms with Gasteiger partial charge in [0.05, 0.1) is 19.2 Å². The number of ketones is 1. The molecule has 0 unspecified atom stereocenters. The second-order valence-corrected chi connectivity index (χ2v) is 4.44. The second-order valence-electron chi connectivity index (χ2n) is 4.03. The fourth-order valence-corrected chi connectivity index (χ4v) is 2.13. The molecule has 0 heterocycles. The van der Waals surface area contributed by atoms with Gasteiger partial charge in [-0.15, -0.1) is 0 Å². The third-order valence-corrected chi connectivity index (χ3v) is 3.06. The van der Waals surface area contributed by atoms with Gasteiger partial charge >= 0.3 is 0 Å². The Morgan fingerprint density at radius 1 is 1.10 bits per heavy atom. The molecule has 2 rings (SSSR count). The number of rotatable bonds is 4. The van der Waals surface area contributed by atoms with E-state index in [2.05, 4.69) is 0 Å². The Labute approximate surface area is 120 Å². The summed E-state index contributed by atoms with van der Waals surface area (Å²) in [4.78, 5) is 12.3. The first-order chi connectivity index (χ1) is 9.56. The molecule has 0 aliphatic rings. The van der Waals surface area contributed by atoms with Crippen LogP contribution < -0.4 is 9.47 Å². The first-order valence-electron chi connectivity index (χ1n) is 5.78. The maximum Gasteiger partial charge on any atom is 0.193 e. The molecule has 0 fully saturated rings. The van der Waals surface area contributed by atoms with Crippen molar-refractivity contribution in [2.75, 3.05) is 14.2 Å². The van der Waals surface area contributed by atoms with Gasteiger partial charge in [-0.25, -0.2) is 4.39 Å². The number of hydrogen-bond donors (Lipinski definition) is 0. The van der Waals surface area contributed by atoms with E-state index in [-0.39, 0.29) is 16.4 Å². The monoisotopic (exact) mass is 294 g/mol. The Kier molecular flexibility index (Phi) is 4.25. The molecule has 0 saturated heterocycles. The van der Waals surface area contributed by atoms with Crippen LogP contribution in [0.4, 0.5) is 4.39 Å². The van der Waals surface area contributed by atoms with Crippen LogP contribution in [0.15, 0.2) is 36.4 Å². The van der Waals surface area contributed by atoms with Crippen molar-refractivity contribution < 1.29 is 18.7 Å². The smallest absolute Gasteiger partial charge is 0.193 e. The lowest BCUT2D eigenvalue weighted by Crippen LogP contribution is -2.03. The number of methoxy groups -OCH3 is 2. The Morgan fingerprint density at radius 3 is 2.45 bits per heavy atom. The molecule has 0 N–H and O–H groups in total. The van der Waals surface area contributed by atoms with Crippen molar-refractivity contribution in [3.63, 3.8) is 0 Å². The van der Waals surface area contributed by atoms with E-state index >= 15 is 0 Å². The Hall–Kier alpha value is -2.07. The van der Waals surface area contributed by atoms with E-state index in [0.717, 1.165) is 0 Å². The van der Waals surface area contributed by atoms with Crippen LogP contribution in [0, 0.1) is 5.82 Å². The third-order valence-electron chi connectivity index (χ3n) is 2.78. The van der Waals surface area contributed by atoms with E-state index in [1.807, 2.05) is 0 Å². The minimum atomic E-state index is -0.470. The fraction of sp³-hybridized carbons (Fsp3) is 0.133. The largest absolute Gasteiger partial charge is 0.493 e. The van der Waals surface area contributed by atoms with Crippen molar-refractivity contribution in [3.05, 3.63) is 58.4 Å². The second kappa shape index (κ2) is 5.92. The van der Waals surface area contributed by atoms with Gasteiger partial charge in [0, 0.05) is 11.1 Å². The van der Waals surface area contributed by atoms with Gasteiger partial charge in [-0.2, -0.15) is 0 Å². The lowest BCUT2D eigenvalue weighted by atomic mass is 10.0. The van der Waals surface area contributed by atoms with E-state index in [4.69, 9.17) is 21.1 Å². The zero-order chi connectivity index (χ0) is 14.7. The quantitative estimate of drug-likeness (QED) is 0.806. The van der Waals surface area contributed by atoms with Crippen molar-refractivity contribution in [1.82, 2.24) is 0 Å². The van der Waals surface area contributed by atoms with Gasteiger partial charge in [0.1, 0.15) is 5.82 Å². The fourth-order valence-electron chi connectivity index (χ4n) is 1.85. The van der Waals surface area contributed by atoms with Crippen LogP contribution in [0.1, 0.15) is 15.9 Å². The molecule has 3 nitrogen and oxygen atoms in total. The zero-order valence-electron chi connectivity index (χ0n) is 10.9. The predicted molar refractivity (Wildman–Crippen MR) is 74.4 cm³/mol. The number of ether oxygens (including phenoxy) is 2. The average Bonchev–Trinajstić information content (AvgIpc) is 2.45. The Balaban J connectivity index is 2.48. The van der Waals surface area contributed by atoms with E-state index < -0.39 is 5.82 Å². The van der Waals surface area contributed by atoms with Gasteiger partial charge < -0.3 is 9.47 Å². The molecular weight excluding hydrogens is 283 g/mol. The SMILES string of the molecule is COc1cc(C(=O)c2cccc(F)c2)cc(Cl)c1OC. The van der Waals surface area contributed by atoms with Crippen LogP contribution in [0.2, 0.25) is 5.02 Å². The minimum Gasteiger partial charge on any atom is -0.493 e. The summed E-state index contributed by atoms with van der Waals surface area (Å²) in [7, 11) is 2.91. The van der Waals surface area contributed by atoms with Gasteiger partial charge in [-0.05, 0) is 24.3 Å². The van der Waals surface area contributed by atoms with Crippen molar-refractivity contribution in [2.24, 2.45) is 0 Å². The topological polar surface area (TPSA) is 35.5 Å². The van der Waals surface area contributed by atoms with Crippen LogP contribution in [-0.4, -0.2) is 20.0 Å². The zero-order valence-corrected chi connectivity index (χ0v) is 11.7. The molecule has 20 heavy (non-hydrogen) atoms. The highest BCUT2D eigenvalue weighted by Gasteiger charge is 2.16. The molecule has 0 atom stereocenters. The summed E-state index contributed by atoms with van der Waals surface area (Å²) in [6, 6.07) is 8.44. The molecule has 0 radical (unpaired) electrons. The molecule has 0 aliphatic heterocycles. The number of benzene rings is 2. The summed E-state index contributed by atoms with van der Waals surface area (Å²) >= 11 is 6.04. The number of halogens is 2. The van der Waals surface area contributed by atoms with E-state index in [9.17, 15) is 9.18 Å². The normalized spacial score (nSPS) is 10.2. The summed E-state index contributed by atoms with van der Waals surface area (Å²) < 4.78 is 23.4. The van der Waals surface area contributed by atoms with Crippen molar-refractivity contribution >= 4 is 17.4 Å². The molecule has 2 aromatic carbocycles. The molecule has 0 spiro atoms. The molecule has 0 saturated carbocycles. The molecule has 2 aromatic rings. The van der Waals surface area contributed by atoms with Crippen molar-refractivity contribution in [2.45, 2.75) is 0 Å². The average molecular weight is 295 g/mol. The first-order valence-corrected chi connectivity index (χ1v) is 6.16. The van der Waals surface area contributed by atoms with Crippen LogP contribution in [0.5, 0.6) is 11.5 Å². The summed E-state index contributed by atoms with van der Waals surface area (Å²) in [5.74, 6) is -0.112. The summed E-state index contributed by atoms with van der Waals surface area (Å²) in [6.07, 6.45) is 0. The summed E-state index contributed by atoms with van der Waals surface area (Å²) in [5, 5.41) is 0.256. The van der Waals surface area contributed by atoms with Crippen molar-refractivity contribution in [3.8, 4) is 11.5 Å². The first kappa shape index (κ1) is 14.3. The molecular formula is C15H12ClFO3. The van der Waals surface area contributed by atoms with Gasteiger partial charge in [-0.3, -0.25) is 4.79 Å². The standard InChI is InChI=1S/C15H12ClFO3/c1-19-13-8-10(7-12(16)15(13)20-2)14(18)9-4-3-5-11(17)6-9/h3-8H,1-2H3. The molecule has 0 amide bonds. The van der Waals surface area contributed by atoms with E-state index in [0.29, 0.717) is 17.1 Å². The number of carbonyl (C=O) groups excluding carboxylic acids is 1. The van der Waals surface area contributed by atoms with Crippen LogP contribution >= 0.6 is 11.6 Å². The van der Waals surface area contributed by atoms with Crippen molar-refractivity contribution in [1.29, 1.82) is 0 Å². The lowest BCUT2D eigenvalue weighted by Gasteiger charge is -2.11. The van der Waals surface area contributed by atoms with Crippen LogP contribution in [-0.2, 0) is 0 Å². The highest BCUT2D eigenvalue weighted by atomic mass is 35.5. The van der Waals surface area contributed by atoms with E-state index in [1.54, 1.807) is 0 Å². The summed E-state index contributed by atoms with van der Waals surface area (Å²) in [6.45, 7) is 0. The van der Waals surface area contributed by atoms with Gasteiger partial charge in [0.2, 0.25) is 0 Å². The molecule has 104 valence electrons. The highest BCUT2D eigenvalue weighted by Crippen LogP contribution is 2.36. The Morgan fingerprint density at radius 2 is 1.85 bits per heavy atom. The molecule has 5 heteroatoms. The Bertz CT molecular complexity index is 656. The number of hydrogen-bond acceptors (Lipinski definition) is 3. The van der Waals surface area contributed by atoms with Gasteiger partial charge in [-0.1, -0.05) is 23.7 Å². The maximum absolute atomic E-state index is 13.2. The highest BCUT2D eigenvalue weighted by molar-refractivity contribution is 6.33. The van der Waals surface area contributed by atoms with Crippen LogP contribution in [0.25, 0.3) is 0 Å². The molecule has 0 bridgehead atoms. The minimum absolute atomic E-state index is 0.244. The maximum atomic E-state index is 13.2. The van der Waals surface area contributed by atoms with Crippen LogP contribution in [0.3, 0.4) is 0 Å². The predicted octanol–water partition coefficient (Wildman–Crippen LogP) is 3.73. The van der Waals surface area contributed by atoms with Gasteiger partial charge in [0.25, 0.3) is 0 Å².